The molecule has 6 aliphatic rings. The summed E-state index contributed by atoms with van der Waals surface area (Å²) in [6, 6.07) is 0. The Labute approximate surface area is 183 Å². The van der Waals surface area contributed by atoms with Crippen LogP contribution >= 0.6 is 0 Å². The zero-order valence-electron chi connectivity index (χ0n) is 19.7. The van der Waals surface area contributed by atoms with Crippen molar-refractivity contribution in [3.05, 3.63) is 0 Å². The van der Waals surface area contributed by atoms with Crippen molar-refractivity contribution in [2.75, 3.05) is 6.61 Å². The monoisotopic (exact) mass is 416 g/mol. The molecule has 0 aromatic rings. The van der Waals surface area contributed by atoms with Gasteiger partial charge < -0.3 is 14.6 Å². The van der Waals surface area contributed by atoms with E-state index in [1.807, 2.05) is 0 Å². The third-order valence-corrected chi connectivity index (χ3v) is 11.9. The Morgan fingerprint density at radius 1 is 0.833 bits per heavy atom. The molecule has 1 spiro atoms. The molecule has 12 atom stereocenters. The van der Waals surface area contributed by atoms with E-state index in [2.05, 4.69) is 27.7 Å². The van der Waals surface area contributed by atoms with E-state index < -0.39 is 0 Å². The topological polar surface area (TPSA) is 38.7 Å². The summed E-state index contributed by atoms with van der Waals surface area (Å²) in [5.41, 5.74) is 0.899. The van der Waals surface area contributed by atoms with Crippen LogP contribution in [0.4, 0.5) is 0 Å². The van der Waals surface area contributed by atoms with Gasteiger partial charge in [0, 0.05) is 12.3 Å². The number of fused-ring (bicyclic) bond motifs is 7. The van der Waals surface area contributed by atoms with Crippen LogP contribution in [0.15, 0.2) is 0 Å². The lowest BCUT2D eigenvalue weighted by atomic mass is 9.44. The molecule has 3 nitrogen and oxygen atoms in total. The van der Waals surface area contributed by atoms with Gasteiger partial charge in [-0.25, -0.2) is 0 Å². The molecule has 2 aliphatic heterocycles. The van der Waals surface area contributed by atoms with Gasteiger partial charge in [-0.05, 0) is 104 Å². The summed E-state index contributed by atoms with van der Waals surface area (Å²) < 4.78 is 13.4. The second-order valence-corrected chi connectivity index (χ2v) is 13.1. The van der Waals surface area contributed by atoms with Crippen LogP contribution in [-0.2, 0) is 9.47 Å². The molecular formula is C27H44O3. The van der Waals surface area contributed by atoms with Crippen molar-refractivity contribution < 1.29 is 14.6 Å². The molecule has 6 rings (SSSR count). The van der Waals surface area contributed by atoms with Crippen molar-refractivity contribution >= 4 is 0 Å². The van der Waals surface area contributed by atoms with Crippen molar-refractivity contribution in [2.24, 2.45) is 52.3 Å². The SMILES string of the molecule is CC1C2[C@H](C[C@H]3[C@@H]4CC[C@H]5C[C@@H](O)CC[C@]5(C)[C@H]4CC[C@]23C)O[C@]12CC[C@@H](C)CO2. The van der Waals surface area contributed by atoms with Crippen LogP contribution in [0.1, 0.15) is 91.9 Å². The molecule has 0 radical (unpaired) electrons. The van der Waals surface area contributed by atoms with Gasteiger partial charge in [-0.2, -0.15) is 0 Å². The van der Waals surface area contributed by atoms with Crippen LogP contribution in [-0.4, -0.2) is 29.7 Å². The van der Waals surface area contributed by atoms with E-state index in [1.54, 1.807) is 0 Å². The first-order valence-corrected chi connectivity index (χ1v) is 13.3. The van der Waals surface area contributed by atoms with Crippen LogP contribution in [0.25, 0.3) is 0 Å². The van der Waals surface area contributed by atoms with Gasteiger partial charge in [-0.15, -0.1) is 0 Å². The highest BCUT2D eigenvalue weighted by Crippen LogP contribution is 2.71. The normalized spacial score (nSPS) is 62.5. The van der Waals surface area contributed by atoms with E-state index >= 15 is 0 Å². The minimum Gasteiger partial charge on any atom is -0.393 e. The molecule has 4 aliphatic carbocycles. The van der Waals surface area contributed by atoms with E-state index in [1.165, 1.54) is 44.9 Å². The third-order valence-electron chi connectivity index (χ3n) is 11.9. The first-order chi connectivity index (χ1) is 14.3. The van der Waals surface area contributed by atoms with Crippen LogP contribution in [0.3, 0.4) is 0 Å². The largest absolute Gasteiger partial charge is 0.393 e. The van der Waals surface area contributed by atoms with E-state index in [9.17, 15) is 5.11 Å². The molecule has 2 heterocycles. The first-order valence-electron chi connectivity index (χ1n) is 13.3. The zero-order valence-corrected chi connectivity index (χ0v) is 19.7. The molecule has 1 N–H and O–H groups in total. The van der Waals surface area contributed by atoms with Crippen LogP contribution in [0.2, 0.25) is 0 Å². The number of hydrogen-bond acceptors (Lipinski definition) is 3. The van der Waals surface area contributed by atoms with Gasteiger partial charge in [0.1, 0.15) is 0 Å². The van der Waals surface area contributed by atoms with Crippen molar-refractivity contribution in [2.45, 2.75) is 110 Å². The lowest BCUT2D eigenvalue weighted by Gasteiger charge is -2.61. The highest BCUT2D eigenvalue weighted by Gasteiger charge is 2.69. The maximum Gasteiger partial charge on any atom is 0.171 e. The summed E-state index contributed by atoms with van der Waals surface area (Å²) in [6.45, 7) is 10.9. The van der Waals surface area contributed by atoms with Crippen molar-refractivity contribution in [3.63, 3.8) is 0 Å². The standard InChI is InChI=1S/C27H44O3/c1-16-7-12-27(29-15-16)17(2)24-23(30-27)14-22-20-6-5-18-13-19(28)8-10-25(18,3)21(20)9-11-26(22,24)4/h16-24,28H,5-15H2,1-4H3/t16-,17?,18+,19+,20-,21+,22+,23+,24?,25+,26+,27-/m1/s1. The van der Waals surface area contributed by atoms with Crippen molar-refractivity contribution in [3.8, 4) is 0 Å². The molecule has 0 bridgehead atoms. The quantitative estimate of drug-likeness (QED) is 0.543. The number of rotatable bonds is 0. The van der Waals surface area contributed by atoms with Gasteiger partial charge in [0.15, 0.2) is 5.79 Å². The van der Waals surface area contributed by atoms with Gasteiger partial charge >= 0.3 is 0 Å². The molecule has 0 aromatic heterocycles. The minimum atomic E-state index is -0.282. The summed E-state index contributed by atoms with van der Waals surface area (Å²) in [5.74, 6) is 4.93. The first kappa shape index (κ1) is 20.5. The van der Waals surface area contributed by atoms with E-state index in [4.69, 9.17) is 9.47 Å². The molecule has 30 heavy (non-hydrogen) atoms. The van der Waals surface area contributed by atoms with Crippen LogP contribution < -0.4 is 0 Å². The molecular weight excluding hydrogens is 372 g/mol. The Morgan fingerprint density at radius 3 is 2.40 bits per heavy atom. The van der Waals surface area contributed by atoms with E-state index in [-0.39, 0.29) is 11.9 Å². The Hall–Kier alpha value is -0.120. The molecule has 3 heteroatoms. The highest BCUT2D eigenvalue weighted by molar-refractivity contribution is 5.15. The highest BCUT2D eigenvalue weighted by atomic mass is 16.7. The molecule has 2 unspecified atom stereocenters. The zero-order chi connectivity index (χ0) is 20.9. The van der Waals surface area contributed by atoms with Crippen LogP contribution in [0.5, 0.6) is 0 Å². The fraction of sp³-hybridized carbons (Fsp3) is 1.00. The smallest absolute Gasteiger partial charge is 0.171 e. The summed E-state index contributed by atoms with van der Waals surface area (Å²) in [7, 11) is 0. The molecule has 0 amide bonds. The molecule has 4 saturated carbocycles. The maximum absolute atomic E-state index is 10.3. The molecule has 0 aromatic carbocycles. The van der Waals surface area contributed by atoms with Crippen molar-refractivity contribution in [1.82, 2.24) is 0 Å². The van der Waals surface area contributed by atoms with Crippen molar-refractivity contribution in [1.29, 1.82) is 0 Å². The summed E-state index contributed by atoms with van der Waals surface area (Å²) in [6.07, 6.45) is 12.9. The fourth-order valence-corrected chi connectivity index (χ4v) is 10.3. The van der Waals surface area contributed by atoms with Gasteiger partial charge in [-0.1, -0.05) is 27.7 Å². The average molecular weight is 417 g/mol. The minimum absolute atomic E-state index is 0.0389. The fourth-order valence-electron chi connectivity index (χ4n) is 10.3. The second kappa shape index (κ2) is 6.70. The van der Waals surface area contributed by atoms with E-state index in [0.29, 0.717) is 34.7 Å². The average Bonchev–Trinajstić information content (AvgIpc) is 3.16. The van der Waals surface area contributed by atoms with Gasteiger partial charge in [0.2, 0.25) is 0 Å². The maximum atomic E-state index is 10.3. The Bertz CT molecular complexity index is 684. The Kier molecular flexibility index (Phi) is 4.58. The molecule has 170 valence electrons. The Morgan fingerprint density at radius 2 is 1.63 bits per heavy atom. The Balaban J connectivity index is 1.26. The van der Waals surface area contributed by atoms with E-state index in [0.717, 1.165) is 49.5 Å². The number of aliphatic hydroxyl groups excluding tert-OH is 1. The summed E-state index contributed by atoms with van der Waals surface area (Å²) >= 11 is 0. The summed E-state index contributed by atoms with van der Waals surface area (Å²) in [4.78, 5) is 0. The summed E-state index contributed by atoms with van der Waals surface area (Å²) in [5, 5.41) is 10.3. The molecule has 6 fully saturated rings. The predicted molar refractivity (Wildman–Crippen MR) is 118 cm³/mol. The second-order valence-electron chi connectivity index (χ2n) is 13.1. The number of hydrogen-bond donors (Lipinski definition) is 1. The lowest BCUT2D eigenvalue weighted by Crippen LogP contribution is -2.55. The third kappa shape index (κ3) is 2.61. The number of aliphatic hydroxyl groups is 1. The van der Waals surface area contributed by atoms with Gasteiger partial charge in [0.25, 0.3) is 0 Å². The van der Waals surface area contributed by atoms with Gasteiger partial charge in [-0.3, -0.25) is 0 Å². The predicted octanol–water partition coefficient (Wildman–Crippen LogP) is 5.79. The lowest BCUT2D eigenvalue weighted by molar-refractivity contribution is -0.273. The number of ether oxygens (including phenoxy) is 2. The van der Waals surface area contributed by atoms with Gasteiger partial charge in [0.05, 0.1) is 18.8 Å². The van der Waals surface area contributed by atoms with Crippen LogP contribution in [0, 0.1) is 52.3 Å². The molecule has 2 saturated heterocycles.